The third kappa shape index (κ3) is 4.16. The molecule has 0 aliphatic carbocycles. The fourth-order valence-electron chi connectivity index (χ4n) is 3.47. The molecular formula is C24H17ClN2O6. The van der Waals surface area contributed by atoms with Crippen molar-refractivity contribution >= 4 is 47.2 Å². The number of para-hydroxylation sites is 1. The molecule has 1 fully saturated rings. The van der Waals surface area contributed by atoms with Crippen molar-refractivity contribution in [3.05, 3.63) is 82.1 Å². The van der Waals surface area contributed by atoms with Crippen LogP contribution in [0.1, 0.15) is 28.6 Å². The first-order valence-electron chi connectivity index (χ1n) is 9.92. The van der Waals surface area contributed by atoms with Crippen molar-refractivity contribution in [1.29, 1.82) is 0 Å². The standard InChI is InChI=1S/C24H17ClN2O6/c1-2-13-5-3-4-6-19(13)27-22(29)17(21(28)26-24(27)32)12-15-8-10-20(33-15)16-11-14(23(30)31)7-9-18(16)25/h3-12H,2H2,1H3,(H,30,31)(H,26,28,32)/b17-12-. The number of furan rings is 1. The van der Waals surface area contributed by atoms with Gasteiger partial charge in [-0.05, 0) is 54.5 Å². The Kier molecular flexibility index (Phi) is 5.85. The summed E-state index contributed by atoms with van der Waals surface area (Å²) >= 11 is 6.18. The van der Waals surface area contributed by atoms with Crippen molar-refractivity contribution in [2.75, 3.05) is 4.90 Å². The summed E-state index contributed by atoms with van der Waals surface area (Å²) in [6.45, 7) is 1.89. The van der Waals surface area contributed by atoms with Gasteiger partial charge >= 0.3 is 12.0 Å². The molecular weight excluding hydrogens is 448 g/mol. The number of benzene rings is 2. The van der Waals surface area contributed by atoms with Crippen LogP contribution in [-0.4, -0.2) is 28.9 Å². The normalized spacial score (nSPS) is 15.2. The van der Waals surface area contributed by atoms with E-state index in [0.29, 0.717) is 17.7 Å². The number of aryl methyl sites for hydroxylation is 1. The largest absolute Gasteiger partial charge is 0.478 e. The molecule has 0 saturated carbocycles. The monoisotopic (exact) mass is 464 g/mol. The van der Waals surface area contributed by atoms with Crippen molar-refractivity contribution in [2.24, 2.45) is 0 Å². The van der Waals surface area contributed by atoms with Gasteiger partial charge in [-0.15, -0.1) is 0 Å². The van der Waals surface area contributed by atoms with Crippen molar-refractivity contribution in [3.8, 4) is 11.3 Å². The first-order valence-corrected chi connectivity index (χ1v) is 10.3. The van der Waals surface area contributed by atoms with Crippen LogP contribution in [0.4, 0.5) is 10.5 Å². The van der Waals surface area contributed by atoms with E-state index in [1.165, 1.54) is 30.3 Å². The molecule has 1 aliphatic rings. The number of barbiturate groups is 1. The van der Waals surface area contributed by atoms with Crippen LogP contribution >= 0.6 is 11.6 Å². The molecule has 0 unspecified atom stereocenters. The number of rotatable bonds is 5. The van der Waals surface area contributed by atoms with Gasteiger partial charge in [-0.3, -0.25) is 14.9 Å². The SMILES string of the molecule is CCc1ccccc1N1C(=O)NC(=O)/C(=C/c2ccc(-c3cc(C(=O)O)ccc3Cl)o2)C1=O. The Hall–Kier alpha value is -4.17. The average molecular weight is 465 g/mol. The number of halogens is 1. The van der Waals surface area contributed by atoms with E-state index >= 15 is 0 Å². The molecule has 3 aromatic rings. The lowest BCUT2D eigenvalue weighted by atomic mass is 10.1. The number of hydrogen-bond donors (Lipinski definition) is 2. The van der Waals surface area contributed by atoms with E-state index in [-0.39, 0.29) is 27.7 Å². The number of hydrogen-bond acceptors (Lipinski definition) is 5. The number of nitrogens with zero attached hydrogens (tertiary/aromatic N) is 1. The highest BCUT2D eigenvalue weighted by Gasteiger charge is 2.37. The van der Waals surface area contributed by atoms with Crippen molar-refractivity contribution in [2.45, 2.75) is 13.3 Å². The number of anilines is 1. The van der Waals surface area contributed by atoms with Crippen LogP contribution < -0.4 is 10.2 Å². The smallest absolute Gasteiger partial charge is 0.335 e. The quantitative estimate of drug-likeness (QED) is 0.423. The number of carbonyl (C=O) groups is 4. The summed E-state index contributed by atoms with van der Waals surface area (Å²) in [5.74, 6) is -2.35. The van der Waals surface area contributed by atoms with Gasteiger partial charge in [-0.1, -0.05) is 36.7 Å². The molecule has 166 valence electrons. The number of carbonyl (C=O) groups excluding carboxylic acids is 3. The summed E-state index contributed by atoms with van der Waals surface area (Å²) in [7, 11) is 0. The van der Waals surface area contributed by atoms with Crippen LogP contribution in [0, 0.1) is 0 Å². The molecule has 1 saturated heterocycles. The zero-order valence-electron chi connectivity index (χ0n) is 17.3. The van der Waals surface area contributed by atoms with Crippen molar-refractivity contribution in [3.63, 3.8) is 0 Å². The second-order valence-corrected chi connectivity index (χ2v) is 7.55. The fraction of sp³-hybridized carbons (Fsp3) is 0.0833. The molecule has 4 rings (SSSR count). The molecule has 1 aliphatic heterocycles. The first-order chi connectivity index (χ1) is 15.8. The Morgan fingerprint density at radius 3 is 2.61 bits per heavy atom. The second-order valence-electron chi connectivity index (χ2n) is 7.14. The van der Waals surface area contributed by atoms with Gasteiger partial charge in [0.2, 0.25) is 0 Å². The van der Waals surface area contributed by atoms with Gasteiger partial charge in [0.25, 0.3) is 11.8 Å². The van der Waals surface area contributed by atoms with Crippen LogP contribution in [0.5, 0.6) is 0 Å². The lowest BCUT2D eigenvalue weighted by molar-refractivity contribution is -0.122. The van der Waals surface area contributed by atoms with E-state index in [4.69, 9.17) is 16.0 Å². The Balaban J connectivity index is 1.71. The Labute approximate surface area is 193 Å². The van der Waals surface area contributed by atoms with Crippen LogP contribution in [0.15, 0.2) is 64.6 Å². The molecule has 4 amide bonds. The zero-order valence-corrected chi connectivity index (χ0v) is 18.1. The number of carboxylic acids is 1. The summed E-state index contributed by atoms with van der Waals surface area (Å²) in [5, 5.41) is 11.7. The summed E-state index contributed by atoms with van der Waals surface area (Å²) in [6.07, 6.45) is 1.81. The highest BCUT2D eigenvalue weighted by molar-refractivity contribution is 6.39. The summed E-state index contributed by atoms with van der Waals surface area (Å²) in [4.78, 5) is 50.2. The van der Waals surface area contributed by atoms with Crippen LogP contribution in [0.25, 0.3) is 17.4 Å². The molecule has 0 spiro atoms. The van der Waals surface area contributed by atoms with E-state index in [0.717, 1.165) is 10.5 Å². The predicted octanol–water partition coefficient (Wildman–Crippen LogP) is 4.53. The molecule has 33 heavy (non-hydrogen) atoms. The van der Waals surface area contributed by atoms with Gasteiger partial charge in [0.05, 0.1) is 16.3 Å². The maximum Gasteiger partial charge on any atom is 0.335 e. The zero-order chi connectivity index (χ0) is 23.7. The number of imide groups is 2. The van der Waals surface area contributed by atoms with E-state index in [9.17, 15) is 24.3 Å². The van der Waals surface area contributed by atoms with E-state index < -0.39 is 23.8 Å². The number of nitrogens with one attached hydrogen (secondary N) is 1. The van der Waals surface area contributed by atoms with E-state index in [1.807, 2.05) is 6.92 Å². The van der Waals surface area contributed by atoms with Crippen LogP contribution in [0.2, 0.25) is 5.02 Å². The summed E-state index contributed by atoms with van der Waals surface area (Å²) in [6, 6.07) is 13.3. The molecule has 0 bridgehead atoms. The minimum Gasteiger partial charge on any atom is -0.478 e. The van der Waals surface area contributed by atoms with Crippen molar-refractivity contribution < 1.29 is 28.7 Å². The topological polar surface area (TPSA) is 117 Å². The number of amides is 4. The molecule has 2 heterocycles. The molecule has 0 atom stereocenters. The Bertz CT molecular complexity index is 1340. The molecule has 2 N–H and O–H groups in total. The minimum absolute atomic E-state index is 0.0243. The molecule has 9 heteroatoms. The third-order valence-electron chi connectivity index (χ3n) is 5.11. The van der Waals surface area contributed by atoms with E-state index in [2.05, 4.69) is 5.32 Å². The van der Waals surface area contributed by atoms with Gasteiger partial charge in [0, 0.05) is 5.56 Å². The van der Waals surface area contributed by atoms with Crippen LogP contribution in [0.3, 0.4) is 0 Å². The number of urea groups is 1. The van der Waals surface area contributed by atoms with Crippen LogP contribution in [-0.2, 0) is 16.0 Å². The fourth-order valence-corrected chi connectivity index (χ4v) is 3.68. The molecule has 0 radical (unpaired) electrons. The molecule has 1 aromatic heterocycles. The van der Waals surface area contributed by atoms with Gasteiger partial charge in [0.15, 0.2) is 0 Å². The number of aromatic carboxylic acids is 1. The Morgan fingerprint density at radius 1 is 1.12 bits per heavy atom. The van der Waals surface area contributed by atoms with Crippen molar-refractivity contribution in [1.82, 2.24) is 5.32 Å². The predicted molar refractivity (Wildman–Crippen MR) is 121 cm³/mol. The first kappa shape index (κ1) is 22.0. The Morgan fingerprint density at radius 2 is 1.88 bits per heavy atom. The van der Waals surface area contributed by atoms with Gasteiger partial charge in [0.1, 0.15) is 17.1 Å². The van der Waals surface area contributed by atoms with Gasteiger partial charge in [-0.25, -0.2) is 14.5 Å². The molecule has 2 aromatic carbocycles. The average Bonchev–Trinajstić information content (AvgIpc) is 3.25. The lowest BCUT2D eigenvalue weighted by Crippen LogP contribution is -2.54. The third-order valence-corrected chi connectivity index (χ3v) is 5.44. The summed E-state index contributed by atoms with van der Waals surface area (Å²) < 4.78 is 5.71. The minimum atomic E-state index is -1.12. The maximum absolute atomic E-state index is 13.1. The highest BCUT2D eigenvalue weighted by Crippen LogP contribution is 2.32. The number of carboxylic acid groups (broad SMARTS) is 1. The molecule has 8 nitrogen and oxygen atoms in total. The van der Waals surface area contributed by atoms with Gasteiger partial charge in [-0.2, -0.15) is 0 Å². The highest BCUT2D eigenvalue weighted by atomic mass is 35.5. The summed E-state index contributed by atoms with van der Waals surface area (Å²) in [5.41, 5.74) is 1.23. The second kappa shape index (κ2) is 8.76. The van der Waals surface area contributed by atoms with Gasteiger partial charge < -0.3 is 9.52 Å². The maximum atomic E-state index is 13.1. The lowest BCUT2D eigenvalue weighted by Gasteiger charge is -2.27. The van der Waals surface area contributed by atoms with E-state index in [1.54, 1.807) is 30.3 Å².